The Morgan fingerprint density at radius 3 is 2.90 bits per heavy atom. The molecule has 3 unspecified atom stereocenters. The zero-order chi connectivity index (χ0) is 13.9. The molecule has 0 aromatic carbocycles. The molecule has 3 nitrogen and oxygen atoms in total. The van der Waals surface area contributed by atoms with Crippen LogP contribution in [0.15, 0.2) is 12.4 Å². The summed E-state index contributed by atoms with van der Waals surface area (Å²) in [5.41, 5.74) is 0. The van der Waals surface area contributed by atoms with E-state index < -0.39 is 0 Å². The molecule has 2 aliphatic rings. The van der Waals surface area contributed by atoms with Crippen LogP contribution in [0.25, 0.3) is 0 Å². The third kappa shape index (κ3) is 3.25. The Bertz CT molecular complexity index is 422. The topological polar surface area (TPSA) is 29.9 Å². The van der Waals surface area contributed by atoms with Crippen molar-refractivity contribution in [2.45, 2.75) is 70.9 Å². The fourth-order valence-corrected chi connectivity index (χ4v) is 3.69. The lowest BCUT2D eigenvalue weighted by atomic mass is 9.74. The minimum Gasteiger partial charge on any atom is -0.335 e. The molecular weight excluding hydrogens is 246 g/mol. The zero-order valence-electron chi connectivity index (χ0n) is 13.0. The summed E-state index contributed by atoms with van der Waals surface area (Å²) in [5.74, 6) is 3.64. The van der Waals surface area contributed by atoms with Crippen LogP contribution < -0.4 is 5.32 Å². The van der Waals surface area contributed by atoms with Gasteiger partial charge in [0.2, 0.25) is 0 Å². The van der Waals surface area contributed by atoms with E-state index in [0.29, 0.717) is 5.92 Å². The summed E-state index contributed by atoms with van der Waals surface area (Å²) in [6.07, 6.45) is 12.2. The summed E-state index contributed by atoms with van der Waals surface area (Å²) in [7, 11) is 0. The molecule has 20 heavy (non-hydrogen) atoms. The van der Waals surface area contributed by atoms with Gasteiger partial charge >= 0.3 is 0 Å². The average molecular weight is 275 g/mol. The number of nitrogens with zero attached hydrogens (tertiary/aromatic N) is 2. The van der Waals surface area contributed by atoms with Gasteiger partial charge in [-0.1, -0.05) is 20.3 Å². The number of hydrogen-bond donors (Lipinski definition) is 1. The molecule has 3 atom stereocenters. The molecule has 2 saturated carbocycles. The van der Waals surface area contributed by atoms with Gasteiger partial charge in [-0.3, -0.25) is 0 Å². The predicted octanol–water partition coefficient (Wildman–Crippen LogP) is 3.56. The van der Waals surface area contributed by atoms with Gasteiger partial charge in [0, 0.05) is 30.9 Å². The van der Waals surface area contributed by atoms with E-state index in [1.54, 1.807) is 0 Å². The van der Waals surface area contributed by atoms with Crippen LogP contribution in [-0.2, 0) is 6.54 Å². The Hall–Kier alpha value is -0.830. The Morgan fingerprint density at radius 1 is 1.30 bits per heavy atom. The number of imidazole rings is 1. The van der Waals surface area contributed by atoms with E-state index in [-0.39, 0.29) is 0 Å². The van der Waals surface area contributed by atoms with Crippen LogP contribution in [0.5, 0.6) is 0 Å². The van der Waals surface area contributed by atoms with Crippen molar-refractivity contribution in [3.63, 3.8) is 0 Å². The Morgan fingerprint density at radius 2 is 2.15 bits per heavy atom. The van der Waals surface area contributed by atoms with Gasteiger partial charge in [-0.2, -0.15) is 0 Å². The van der Waals surface area contributed by atoms with Crippen LogP contribution in [0.1, 0.15) is 64.1 Å². The largest absolute Gasteiger partial charge is 0.335 e. The number of rotatable bonds is 6. The van der Waals surface area contributed by atoms with E-state index in [0.717, 1.165) is 24.4 Å². The fourth-order valence-electron chi connectivity index (χ4n) is 3.69. The molecular formula is C17H29N3. The lowest BCUT2D eigenvalue weighted by Crippen LogP contribution is -2.33. The van der Waals surface area contributed by atoms with E-state index in [2.05, 4.69) is 29.9 Å². The third-order valence-electron chi connectivity index (χ3n) is 5.05. The lowest BCUT2D eigenvalue weighted by Gasteiger charge is -2.35. The molecule has 0 spiro atoms. The smallest absolute Gasteiger partial charge is 0.112 e. The molecule has 3 heteroatoms. The summed E-state index contributed by atoms with van der Waals surface area (Å²) in [6, 6.07) is 0.824. The van der Waals surface area contributed by atoms with Crippen LogP contribution in [0.3, 0.4) is 0 Å². The highest BCUT2D eigenvalue weighted by atomic mass is 15.1. The van der Waals surface area contributed by atoms with E-state index >= 15 is 0 Å². The summed E-state index contributed by atoms with van der Waals surface area (Å²) in [5, 5.41) is 3.75. The predicted molar refractivity (Wildman–Crippen MR) is 82.8 cm³/mol. The molecule has 112 valence electrons. The summed E-state index contributed by atoms with van der Waals surface area (Å²) in [6.45, 7) is 6.97. The summed E-state index contributed by atoms with van der Waals surface area (Å²) in [4.78, 5) is 4.72. The Labute approximate surface area is 123 Å². The SMILES string of the molecule is CCCn1ccnc1C1CC(C)CCC1CNC1CC1. The molecule has 1 aromatic heterocycles. The quantitative estimate of drug-likeness (QED) is 0.860. The molecule has 2 fully saturated rings. The lowest BCUT2D eigenvalue weighted by molar-refractivity contribution is 0.230. The number of aromatic nitrogens is 2. The van der Waals surface area contributed by atoms with Gasteiger partial charge in [-0.05, 0) is 50.5 Å². The molecule has 0 amide bonds. The Balaban J connectivity index is 1.72. The first-order valence-corrected chi connectivity index (χ1v) is 8.52. The van der Waals surface area contributed by atoms with Gasteiger partial charge in [-0.25, -0.2) is 4.98 Å². The van der Waals surface area contributed by atoms with Crippen LogP contribution in [0.2, 0.25) is 0 Å². The van der Waals surface area contributed by atoms with Gasteiger partial charge < -0.3 is 9.88 Å². The maximum absolute atomic E-state index is 4.72. The second-order valence-electron chi connectivity index (χ2n) is 6.95. The van der Waals surface area contributed by atoms with Crippen molar-refractivity contribution in [3.05, 3.63) is 18.2 Å². The van der Waals surface area contributed by atoms with Gasteiger partial charge in [-0.15, -0.1) is 0 Å². The zero-order valence-corrected chi connectivity index (χ0v) is 13.0. The molecule has 0 radical (unpaired) electrons. The molecule has 0 bridgehead atoms. The first-order chi connectivity index (χ1) is 9.78. The minimum absolute atomic E-state index is 0.659. The molecule has 2 aliphatic carbocycles. The summed E-state index contributed by atoms with van der Waals surface area (Å²) >= 11 is 0. The van der Waals surface area contributed by atoms with Crippen LogP contribution >= 0.6 is 0 Å². The first-order valence-electron chi connectivity index (χ1n) is 8.52. The normalized spacial score (nSPS) is 30.6. The van der Waals surface area contributed by atoms with Crippen molar-refractivity contribution in [3.8, 4) is 0 Å². The standard InChI is InChI=1S/C17H29N3/c1-3-9-20-10-8-18-17(20)16-11-13(2)4-5-14(16)12-19-15-6-7-15/h8,10,13-16,19H,3-7,9,11-12H2,1-2H3. The van der Waals surface area contributed by atoms with Crippen molar-refractivity contribution in [2.75, 3.05) is 6.54 Å². The van der Waals surface area contributed by atoms with Crippen molar-refractivity contribution in [1.82, 2.24) is 14.9 Å². The van der Waals surface area contributed by atoms with E-state index in [1.165, 1.54) is 50.9 Å². The molecule has 3 rings (SSSR count). The number of hydrogen-bond acceptors (Lipinski definition) is 2. The molecule has 0 aliphatic heterocycles. The van der Waals surface area contributed by atoms with Gasteiger partial charge in [0.1, 0.15) is 5.82 Å². The van der Waals surface area contributed by atoms with Crippen molar-refractivity contribution < 1.29 is 0 Å². The maximum atomic E-state index is 4.72. The highest BCUT2D eigenvalue weighted by molar-refractivity contribution is 5.06. The second kappa shape index (κ2) is 6.30. The molecule has 1 heterocycles. The number of nitrogens with one attached hydrogen (secondary N) is 1. The van der Waals surface area contributed by atoms with Crippen LogP contribution in [0, 0.1) is 11.8 Å². The minimum atomic E-state index is 0.659. The van der Waals surface area contributed by atoms with Crippen molar-refractivity contribution in [2.24, 2.45) is 11.8 Å². The fraction of sp³-hybridized carbons (Fsp3) is 0.824. The summed E-state index contributed by atoms with van der Waals surface area (Å²) < 4.78 is 2.40. The highest BCUT2D eigenvalue weighted by Gasteiger charge is 2.33. The van der Waals surface area contributed by atoms with Crippen molar-refractivity contribution >= 4 is 0 Å². The third-order valence-corrected chi connectivity index (χ3v) is 5.05. The van der Waals surface area contributed by atoms with Gasteiger partial charge in [0.05, 0.1) is 0 Å². The van der Waals surface area contributed by atoms with E-state index in [1.807, 2.05) is 6.20 Å². The maximum Gasteiger partial charge on any atom is 0.112 e. The molecule has 0 saturated heterocycles. The second-order valence-corrected chi connectivity index (χ2v) is 6.95. The Kier molecular flexibility index (Phi) is 4.45. The van der Waals surface area contributed by atoms with E-state index in [9.17, 15) is 0 Å². The van der Waals surface area contributed by atoms with Gasteiger partial charge in [0.25, 0.3) is 0 Å². The van der Waals surface area contributed by atoms with E-state index in [4.69, 9.17) is 4.98 Å². The highest BCUT2D eigenvalue weighted by Crippen LogP contribution is 2.40. The van der Waals surface area contributed by atoms with Gasteiger partial charge in [0.15, 0.2) is 0 Å². The average Bonchev–Trinajstić information content (AvgIpc) is 3.16. The molecule has 1 N–H and O–H groups in total. The van der Waals surface area contributed by atoms with Crippen LogP contribution in [0.4, 0.5) is 0 Å². The van der Waals surface area contributed by atoms with Crippen LogP contribution in [-0.4, -0.2) is 22.1 Å². The molecule has 1 aromatic rings. The number of aryl methyl sites for hydroxylation is 1. The monoisotopic (exact) mass is 275 g/mol. The van der Waals surface area contributed by atoms with Crippen molar-refractivity contribution in [1.29, 1.82) is 0 Å². The first kappa shape index (κ1) is 14.1.